The molecule has 25 heavy (non-hydrogen) atoms. The molecule has 1 N–H and O–H groups in total. The molecule has 1 saturated heterocycles. The van der Waals surface area contributed by atoms with E-state index in [1.165, 1.54) is 16.4 Å². The van der Waals surface area contributed by atoms with Gasteiger partial charge in [-0.3, -0.25) is 4.79 Å². The van der Waals surface area contributed by atoms with Gasteiger partial charge in [0.2, 0.25) is 5.09 Å². The van der Waals surface area contributed by atoms with Crippen molar-refractivity contribution in [3.05, 3.63) is 44.7 Å². The lowest BCUT2D eigenvalue weighted by Gasteiger charge is -2.24. The number of rotatable bonds is 4. The van der Waals surface area contributed by atoms with Crippen LogP contribution in [0.3, 0.4) is 0 Å². The fourth-order valence-corrected chi connectivity index (χ4v) is 4.92. The van der Waals surface area contributed by atoms with Crippen molar-refractivity contribution in [1.29, 1.82) is 0 Å². The lowest BCUT2D eigenvalue weighted by Crippen LogP contribution is -2.35. The van der Waals surface area contributed by atoms with Gasteiger partial charge in [0.05, 0.1) is 10.7 Å². The number of benzene rings is 1. The molecule has 1 aromatic carbocycles. The van der Waals surface area contributed by atoms with Crippen LogP contribution in [0.25, 0.3) is 0 Å². The van der Waals surface area contributed by atoms with Crippen molar-refractivity contribution < 1.29 is 17.6 Å². The van der Waals surface area contributed by atoms with Gasteiger partial charge in [-0.1, -0.05) is 18.0 Å². The van der Waals surface area contributed by atoms with Crippen LogP contribution in [-0.4, -0.2) is 31.7 Å². The standard InChI is InChI=1S/C16H16ClIN2O4S/c17-12-10-11(18)4-5-13(12)19-16(21)14-6-7-15(24-14)25(22,23)20-8-2-1-3-9-20/h4-7,10H,1-3,8-9H2,(H,19,21). The molecule has 0 unspecified atom stereocenters. The van der Waals surface area contributed by atoms with Crippen LogP contribution in [0.15, 0.2) is 39.8 Å². The summed E-state index contributed by atoms with van der Waals surface area (Å²) in [6, 6.07) is 7.86. The smallest absolute Gasteiger partial charge is 0.291 e. The molecule has 2 aromatic rings. The van der Waals surface area contributed by atoms with Gasteiger partial charge >= 0.3 is 0 Å². The van der Waals surface area contributed by atoms with Crippen molar-refractivity contribution >= 4 is 55.8 Å². The molecular formula is C16H16ClIN2O4S. The van der Waals surface area contributed by atoms with E-state index in [-0.39, 0.29) is 10.9 Å². The van der Waals surface area contributed by atoms with E-state index >= 15 is 0 Å². The molecule has 3 rings (SSSR count). The second kappa shape index (κ2) is 7.65. The van der Waals surface area contributed by atoms with Crippen molar-refractivity contribution in [3.63, 3.8) is 0 Å². The number of nitrogens with zero attached hydrogens (tertiary/aromatic N) is 1. The minimum Gasteiger partial charge on any atom is -0.438 e. The highest BCUT2D eigenvalue weighted by Crippen LogP contribution is 2.26. The third-order valence-corrected chi connectivity index (χ3v) is 6.65. The van der Waals surface area contributed by atoms with E-state index < -0.39 is 15.9 Å². The SMILES string of the molecule is O=C(Nc1ccc(I)cc1Cl)c1ccc(S(=O)(=O)N2CCCCC2)o1. The Kier molecular flexibility index (Phi) is 5.71. The zero-order chi connectivity index (χ0) is 18.0. The number of anilines is 1. The topological polar surface area (TPSA) is 79.6 Å². The number of piperidine rings is 1. The lowest BCUT2D eigenvalue weighted by atomic mass is 10.2. The van der Waals surface area contributed by atoms with Gasteiger partial charge in [-0.25, -0.2) is 8.42 Å². The normalized spacial score (nSPS) is 15.9. The van der Waals surface area contributed by atoms with Gasteiger partial charge in [0, 0.05) is 16.7 Å². The van der Waals surface area contributed by atoms with E-state index in [4.69, 9.17) is 16.0 Å². The molecule has 134 valence electrons. The first-order chi connectivity index (χ1) is 11.9. The van der Waals surface area contributed by atoms with E-state index in [2.05, 4.69) is 27.9 Å². The molecule has 0 atom stereocenters. The first-order valence-corrected chi connectivity index (χ1v) is 10.6. The largest absolute Gasteiger partial charge is 0.438 e. The van der Waals surface area contributed by atoms with Gasteiger partial charge < -0.3 is 9.73 Å². The third-order valence-electron chi connectivity index (χ3n) is 3.89. The number of carbonyl (C=O) groups excluding carboxylic acids is 1. The van der Waals surface area contributed by atoms with Gasteiger partial charge in [-0.2, -0.15) is 4.31 Å². The first kappa shape index (κ1) is 18.7. The number of halogens is 2. The molecule has 1 amide bonds. The number of hydrogen-bond donors (Lipinski definition) is 1. The van der Waals surface area contributed by atoms with Crippen LogP contribution >= 0.6 is 34.2 Å². The Balaban J connectivity index is 1.77. The lowest BCUT2D eigenvalue weighted by molar-refractivity contribution is 0.0991. The second-order valence-electron chi connectivity index (χ2n) is 5.66. The average molecular weight is 495 g/mol. The molecular weight excluding hydrogens is 479 g/mol. The van der Waals surface area contributed by atoms with Gasteiger partial charge in [0.1, 0.15) is 0 Å². The molecule has 1 aromatic heterocycles. The van der Waals surface area contributed by atoms with Crippen molar-refractivity contribution in [2.45, 2.75) is 24.4 Å². The zero-order valence-corrected chi connectivity index (χ0v) is 16.9. The van der Waals surface area contributed by atoms with E-state index in [1.54, 1.807) is 18.2 Å². The molecule has 0 saturated carbocycles. The monoisotopic (exact) mass is 494 g/mol. The fourth-order valence-electron chi connectivity index (χ4n) is 2.59. The van der Waals surface area contributed by atoms with Crippen molar-refractivity contribution in [3.8, 4) is 0 Å². The van der Waals surface area contributed by atoms with Crippen LogP contribution in [0.1, 0.15) is 29.8 Å². The summed E-state index contributed by atoms with van der Waals surface area (Å²) in [6.07, 6.45) is 2.69. The Morgan fingerprint density at radius 3 is 2.56 bits per heavy atom. The fraction of sp³-hybridized carbons (Fsp3) is 0.312. The Morgan fingerprint density at radius 1 is 1.16 bits per heavy atom. The summed E-state index contributed by atoms with van der Waals surface area (Å²) in [5.41, 5.74) is 0.434. The number of hydrogen-bond acceptors (Lipinski definition) is 4. The van der Waals surface area contributed by atoms with Crippen LogP contribution in [0, 0.1) is 3.57 Å². The van der Waals surface area contributed by atoms with Crippen molar-refractivity contribution in [2.75, 3.05) is 18.4 Å². The highest BCUT2D eigenvalue weighted by Gasteiger charge is 2.29. The summed E-state index contributed by atoms with van der Waals surface area (Å²) in [7, 11) is -3.70. The van der Waals surface area contributed by atoms with E-state index in [1.807, 2.05) is 0 Å². The zero-order valence-electron chi connectivity index (χ0n) is 13.2. The molecule has 1 aliphatic heterocycles. The van der Waals surface area contributed by atoms with Crippen LogP contribution in [0.5, 0.6) is 0 Å². The van der Waals surface area contributed by atoms with Crippen LogP contribution in [0.2, 0.25) is 5.02 Å². The first-order valence-electron chi connectivity index (χ1n) is 7.74. The maximum absolute atomic E-state index is 12.6. The average Bonchev–Trinajstić information content (AvgIpc) is 3.09. The van der Waals surface area contributed by atoms with Gasteiger partial charge in [0.25, 0.3) is 15.9 Å². The molecule has 0 radical (unpaired) electrons. The Labute approximate surface area is 164 Å². The summed E-state index contributed by atoms with van der Waals surface area (Å²) >= 11 is 8.20. The quantitative estimate of drug-likeness (QED) is 0.653. The maximum Gasteiger partial charge on any atom is 0.291 e. The second-order valence-corrected chi connectivity index (χ2v) is 9.18. The van der Waals surface area contributed by atoms with Gasteiger partial charge in [-0.15, -0.1) is 0 Å². The molecule has 6 nitrogen and oxygen atoms in total. The van der Waals surface area contributed by atoms with E-state index in [9.17, 15) is 13.2 Å². The van der Waals surface area contributed by atoms with Crippen molar-refractivity contribution in [1.82, 2.24) is 4.31 Å². The summed E-state index contributed by atoms with van der Waals surface area (Å²) in [5, 5.41) is 2.80. The minimum atomic E-state index is -3.70. The highest BCUT2D eigenvalue weighted by molar-refractivity contribution is 14.1. The third kappa shape index (κ3) is 4.18. The van der Waals surface area contributed by atoms with Gasteiger partial charge in [-0.05, 0) is 65.8 Å². The molecule has 0 aliphatic carbocycles. The van der Waals surface area contributed by atoms with Crippen LogP contribution < -0.4 is 5.32 Å². The van der Waals surface area contributed by atoms with Crippen molar-refractivity contribution in [2.24, 2.45) is 0 Å². The predicted octanol–water partition coefficient (Wildman–Crippen LogP) is 3.96. The number of carbonyl (C=O) groups is 1. The molecule has 9 heteroatoms. The predicted molar refractivity (Wildman–Crippen MR) is 103 cm³/mol. The highest BCUT2D eigenvalue weighted by atomic mass is 127. The molecule has 1 aliphatic rings. The van der Waals surface area contributed by atoms with Gasteiger partial charge in [0.15, 0.2) is 5.76 Å². The minimum absolute atomic E-state index is 0.0785. The number of sulfonamides is 1. The number of furan rings is 1. The molecule has 2 heterocycles. The molecule has 0 bridgehead atoms. The number of nitrogens with one attached hydrogen (secondary N) is 1. The Bertz CT molecular complexity index is 891. The van der Waals surface area contributed by atoms with Crippen LogP contribution in [-0.2, 0) is 10.0 Å². The number of amides is 1. The van der Waals surface area contributed by atoms with E-state index in [0.717, 1.165) is 22.8 Å². The van der Waals surface area contributed by atoms with E-state index in [0.29, 0.717) is 23.8 Å². The Hall–Kier alpha value is -1.10. The maximum atomic E-state index is 12.6. The Morgan fingerprint density at radius 2 is 1.88 bits per heavy atom. The molecule has 1 fully saturated rings. The molecule has 0 spiro atoms. The summed E-state index contributed by atoms with van der Waals surface area (Å²) < 4.78 is 32.8. The summed E-state index contributed by atoms with van der Waals surface area (Å²) in [6.45, 7) is 0.950. The summed E-state index contributed by atoms with van der Waals surface area (Å²) in [4.78, 5) is 12.3. The summed E-state index contributed by atoms with van der Waals surface area (Å²) in [5.74, 6) is -0.631. The van der Waals surface area contributed by atoms with Crippen LogP contribution in [0.4, 0.5) is 5.69 Å².